The average molecular weight is 297 g/mol. The summed E-state index contributed by atoms with van der Waals surface area (Å²) in [5, 5.41) is 3.57. The Hall–Kier alpha value is -0.870. The molecule has 1 aromatic carbocycles. The second kappa shape index (κ2) is 8.42. The Morgan fingerprint density at radius 2 is 1.85 bits per heavy atom. The molecule has 0 saturated heterocycles. The van der Waals surface area contributed by atoms with Crippen molar-refractivity contribution in [3.8, 4) is 11.5 Å². The minimum atomic E-state index is 0.325. The number of hydrogen-bond donors (Lipinski definition) is 1. The van der Waals surface area contributed by atoms with E-state index in [0.717, 1.165) is 30.2 Å². The Balaban J connectivity index is 2.69. The van der Waals surface area contributed by atoms with Gasteiger partial charge in [0.15, 0.2) is 0 Å². The zero-order chi connectivity index (χ0) is 15.0. The van der Waals surface area contributed by atoms with Crippen molar-refractivity contribution in [1.29, 1.82) is 0 Å². The zero-order valence-corrected chi connectivity index (χ0v) is 14.1. The Kier molecular flexibility index (Phi) is 7.24. The summed E-state index contributed by atoms with van der Waals surface area (Å²) in [6.45, 7) is 6.31. The smallest absolute Gasteiger partial charge is 0.123 e. The van der Waals surface area contributed by atoms with E-state index >= 15 is 0 Å². The van der Waals surface area contributed by atoms with E-state index in [-0.39, 0.29) is 0 Å². The number of hydrogen-bond acceptors (Lipinski definition) is 4. The monoisotopic (exact) mass is 297 g/mol. The lowest BCUT2D eigenvalue weighted by Crippen LogP contribution is -2.36. The van der Waals surface area contributed by atoms with E-state index in [2.05, 4.69) is 25.4 Å². The van der Waals surface area contributed by atoms with Crippen molar-refractivity contribution in [2.24, 2.45) is 0 Å². The number of rotatable bonds is 9. The summed E-state index contributed by atoms with van der Waals surface area (Å²) in [5.41, 5.74) is 1.13. The van der Waals surface area contributed by atoms with Gasteiger partial charge in [-0.05, 0) is 37.3 Å². The molecule has 3 nitrogen and oxygen atoms in total. The fourth-order valence-corrected chi connectivity index (χ4v) is 3.13. The molecule has 1 N–H and O–H groups in total. The van der Waals surface area contributed by atoms with Crippen molar-refractivity contribution in [1.82, 2.24) is 5.32 Å². The molecular formula is C16H27NO2S. The molecule has 0 bridgehead atoms. The van der Waals surface area contributed by atoms with Crippen LogP contribution in [-0.4, -0.2) is 31.8 Å². The number of ether oxygens (including phenoxy) is 2. The van der Waals surface area contributed by atoms with E-state index in [9.17, 15) is 0 Å². The van der Waals surface area contributed by atoms with Crippen molar-refractivity contribution in [3.05, 3.63) is 23.8 Å². The predicted octanol–water partition coefficient (Wildman–Crippen LogP) is 3.72. The minimum Gasteiger partial charge on any atom is -0.497 e. The van der Waals surface area contributed by atoms with Crippen molar-refractivity contribution >= 4 is 11.8 Å². The molecule has 0 spiro atoms. The number of benzene rings is 1. The summed E-state index contributed by atoms with van der Waals surface area (Å²) >= 11 is 1.95. The summed E-state index contributed by atoms with van der Waals surface area (Å²) in [4.78, 5) is 0. The lowest BCUT2D eigenvalue weighted by atomic mass is 10.0. The van der Waals surface area contributed by atoms with Crippen LogP contribution in [0, 0.1) is 0 Å². The quantitative estimate of drug-likeness (QED) is 0.752. The predicted molar refractivity (Wildman–Crippen MR) is 88.1 cm³/mol. The van der Waals surface area contributed by atoms with Crippen LogP contribution in [0.15, 0.2) is 18.2 Å². The number of thioether (sulfide) groups is 1. The first-order chi connectivity index (χ1) is 9.64. The van der Waals surface area contributed by atoms with Gasteiger partial charge in [0.25, 0.3) is 0 Å². The largest absolute Gasteiger partial charge is 0.497 e. The highest BCUT2D eigenvalue weighted by Crippen LogP contribution is 2.30. The van der Waals surface area contributed by atoms with Crippen LogP contribution < -0.4 is 14.8 Å². The molecule has 0 atom stereocenters. The summed E-state index contributed by atoms with van der Waals surface area (Å²) in [6, 6.07) is 5.91. The van der Waals surface area contributed by atoms with E-state index in [4.69, 9.17) is 9.47 Å². The molecule has 1 rings (SSSR count). The first-order valence-corrected chi connectivity index (χ1v) is 8.34. The Labute approximate surface area is 127 Å². The molecule has 0 radical (unpaired) electrons. The van der Waals surface area contributed by atoms with Gasteiger partial charge in [-0.15, -0.1) is 0 Å². The number of methoxy groups -OCH3 is 2. The van der Waals surface area contributed by atoms with Gasteiger partial charge in [-0.3, -0.25) is 0 Å². The van der Waals surface area contributed by atoms with Crippen molar-refractivity contribution in [3.63, 3.8) is 0 Å². The summed E-state index contributed by atoms with van der Waals surface area (Å²) in [7, 11) is 3.39. The van der Waals surface area contributed by atoms with Crippen LogP contribution in [0.1, 0.15) is 32.3 Å². The summed E-state index contributed by atoms with van der Waals surface area (Å²) < 4.78 is 11.0. The van der Waals surface area contributed by atoms with Gasteiger partial charge in [0, 0.05) is 23.4 Å². The van der Waals surface area contributed by atoms with Gasteiger partial charge in [0.2, 0.25) is 0 Å². The van der Waals surface area contributed by atoms with Gasteiger partial charge in [-0.1, -0.05) is 13.8 Å². The van der Waals surface area contributed by atoms with Crippen LogP contribution in [0.3, 0.4) is 0 Å². The Bertz CT molecular complexity index is 397. The lowest BCUT2D eigenvalue weighted by molar-refractivity contribution is 0.395. The third-order valence-electron chi connectivity index (χ3n) is 3.97. The maximum absolute atomic E-state index is 5.41. The molecule has 0 unspecified atom stereocenters. The molecule has 0 heterocycles. The minimum absolute atomic E-state index is 0.325. The molecule has 0 aliphatic carbocycles. The molecule has 0 aliphatic rings. The lowest BCUT2D eigenvalue weighted by Gasteiger charge is -2.30. The number of nitrogens with one attached hydrogen (secondary N) is 1. The first-order valence-electron chi connectivity index (χ1n) is 7.11. The van der Waals surface area contributed by atoms with Crippen molar-refractivity contribution < 1.29 is 9.47 Å². The van der Waals surface area contributed by atoms with Gasteiger partial charge in [0.05, 0.1) is 14.2 Å². The standard InChI is InChI=1S/C16H27NO2S/c1-6-16(7-2,20-5)12-17-11-13-10-14(18-3)8-9-15(13)19-4/h8-10,17H,6-7,11-12H2,1-5H3. The molecule has 4 heteroatoms. The van der Waals surface area contributed by atoms with Gasteiger partial charge in [0.1, 0.15) is 11.5 Å². The highest BCUT2D eigenvalue weighted by molar-refractivity contribution is 8.00. The molecule has 0 aromatic heterocycles. The Morgan fingerprint density at radius 3 is 2.35 bits per heavy atom. The fourth-order valence-electron chi connectivity index (χ4n) is 2.31. The summed E-state index contributed by atoms with van der Waals surface area (Å²) in [5.74, 6) is 1.77. The SMILES string of the molecule is CCC(CC)(CNCc1cc(OC)ccc1OC)SC. The van der Waals surface area contributed by atoms with Crippen LogP contribution in [0.5, 0.6) is 11.5 Å². The second-order valence-electron chi connectivity index (χ2n) is 4.88. The normalized spacial score (nSPS) is 11.4. The van der Waals surface area contributed by atoms with Crippen molar-refractivity contribution in [2.45, 2.75) is 38.0 Å². The van der Waals surface area contributed by atoms with Crippen molar-refractivity contribution in [2.75, 3.05) is 27.0 Å². The maximum Gasteiger partial charge on any atom is 0.123 e. The third-order valence-corrected chi connectivity index (χ3v) is 5.56. The molecular weight excluding hydrogens is 270 g/mol. The highest BCUT2D eigenvalue weighted by Gasteiger charge is 2.24. The third kappa shape index (κ3) is 4.32. The molecule has 114 valence electrons. The van der Waals surface area contributed by atoms with E-state index in [0.29, 0.717) is 4.75 Å². The molecule has 1 aromatic rings. The molecule has 0 saturated carbocycles. The second-order valence-corrected chi connectivity index (χ2v) is 6.15. The van der Waals surface area contributed by atoms with Crippen LogP contribution in [-0.2, 0) is 6.54 Å². The van der Waals surface area contributed by atoms with Crippen LogP contribution in [0.2, 0.25) is 0 Å². The highest BCUT2D eigenvalue weighted by atomic mass is 32.2. The maximum atomic E-state index is 5.41. The van der Waals surface area contributed by atoms with E-state index < -0.39 is 0 Å². The van der Waals surface area contributed by atoms with E-state index in [1.165, 1.54) is 12.8 Å². The topological polar surface area (TPSA) is 30.5 Å². The van der Waals surface area contributed by atoms with Gasteiger partial charge < -0.3 is 14.8 Å². The van der Waals surface area contributed by atoms with Crippen LogP contribution in [0.4, 0.5) is 0 Å². The van der Waals surface area contributed by atoms with Gasteiger partial charge in [-0.2, -0.15) is 11.8 Å². The van der Waals surface area contributed by atoms with Crippen LogP contribution >= 0.6 is 11.8 Å². The average Bonchev–Trinajstić information content (AvgIpc) is 2.52. The van der Waals surface area contributed by atoms with Gasteiger partial charge in [-0.25, -0.2) is 0 Å². The fraction of sp³-hybridized carbons (Fsp3) is 0.625. The van der Waals surface area contributed by atoms with E-state index in [1.807, 2.05) is 30.0 Å². The molecule has 0 fully saturated rings. The van der Waals surface area contributed by atoms with Gasteiger partial charge >= 0.3 is 0 Å². The summed E-state index contributed by atoms with van der Waals surface area (Å²) in [6.07, 6.45) is 4.54. The molecule has 20 heavy (non-hydrogen) atoms. The van der Waals surface area contributed by atoms with E-state index in [1.54, 1.807) is 14.2 Å². The molecule has 0 amide bonds. The van der Waals surface area contributed by atoms with Crippen LogP contribution in [0.25, 0.3) is 0 Å². The first kappa shape index (κ1) is 17.2. The Morgan fingerprint density at radius 1 is 1.15 bits per heavy atom. The molecule has 0 aliphatic heterocycles. The zero-order valence-electron chi connectivity index (χ0n) is 13.3.